The van der Waals surface area contributed by atoms with Gasteiger partial charge in [-0.2, -0.15) is 0 Å². The van der Waals surface area contributed by atoms with Gasteiger partial charge in [0.15, 0.2) is 0 Å². The topological polar surface area (TPSA) is 72.0 Å². The molecule has 1 atom stereocenters. The van der Waals surface area contributed by atoms with Crippen LogP contribution in [-0.2, 0) is 10.0 Å². The van der Waals surface area contributed by atoms with Crippen LogP contribution in [0.4, 0.5) is 5.95 Å². The Morgan fingerprint density at radius 2 is 2.07 bits per heavy atom. The zero-order chi connectivity index (χ0) is 11.3. The Kier molecular flexibility index (Phi) is 4.28. The first-order valence-corrected chi connectivity index (χ1v) is 6.55. The van der Waals surface area contributed by atoms with Crippen LogP contribution >= 0.6 is 11.6 Å². The summed E-state index contributed by atoms with van der Waals surface area (Å²) in [6, 6.07) is 1.61. The van der Waals surface area contributed by atoms with E-state index in [4.69, 9.17) is 11.6 Å². The summed E-state index contributed by atoms with van der Waals surface area (Å²) >= 11 is 5.54. The highest BCUT2D eigenvalue weighted by Crippen LogP contribution is 2.06. The van der Waals surface area contributed by atoms with Gasteiger partial charge in [0.05, 0.1) is 5.75 Å². The third-order valence-electron chi connectivity index (χ3n) is 1.58. The van der Waals surface area contributed by atoms with Crippen molar-refractivity contribution in [3.63, 3.8) is 0 Å². The van der Waals surface area contributed by atoms with E-state index in [-0.39, 0.29) is 17.6 Å². The lowest BCUT2D eigenvalue weighted by Gasteiger charge is -2.09. The zero-order valence-electron chi connectivity index (χ0n) is 8.22. The molecule has 5 nitrogen and oxygen atoms in total. The molecule has 0 aromatic carbocycles. The van der Waals surface area contributed by atoms with Crippen molar-refractivity contribution < 1.29 is 8.42 Å². The van der Waals surface area contributed by atoms with Crippen LogP contribution in [0.5, 0.6) is 0 Å². The minimum absolute atomic E-state index is 0.0330. The number of alkyl halides is 1. The van der Waals surface area contributed by atoms with Crippen molar-refractivity contribution in [2.45, 2.75) is 6.92 Å². The van der Waals surface area contributed by atoms with E-state index in [9.17, 15) is 8.42 Å². The van der Waals surface area contributed by atoms with Crippen LogP contribution in [0.1, 0.15) is 6.92 Å². The molecule has 84 valence electrons. The number of halogens is 1. The van der Waals surface area contributed by atoms with Crippen molar-refractivity contribution in [3.05, 3.63) is 18.5 Å². The molecule has 0 aliphatic carbocycles. The van der Waals surface area contributed by atoms with Crippen LogP contribution in [0.25, 0.3) is 0 Å². The maximum Gasteiger partial charge on any atom is 0.236 e. The average molecular weight is 250 g/mol. The second-order valence-electron chi connectivity index (χ2n) is 3.22. The van der Waals surface area contributed by atoms with E-state index in [1.54, 1.807) is 13.0 Å². The average Bonchev–Trinajstić information content (AvgIpc) is 2.17. The third kappa shape index (κ3) is 4.44. The number of sulfonamides is 1. The summed E-state index contributed by atoms with van der Waals surface area (Å²) in [5.74, 6) is 0.248. The van der Waals surface area contributed by atoms with Crippen molar-refractivity contribution in [2.24, 2.45) is 5.92 Å². The van der Waals surface area contributed by atoms with E-state index >= 15 is 0 Å². The molecule has 0 bridgehead atoms. The maximum absolute atomic E-state index is 11.5. The number of aromatic nitrogens is 2. The first-order valence-electron chi connectivity index (χ1n) is 4.37. The first-order chi connectivity index (χ1) is 7.03. The number of nitrogens with zero attached hydrogens (tertiary/aromatic N) is 2. The van der Waals surface area contributed by atoms with Gasteiger partial charge in [-0.05, 0) is 12.0 Å². The van der Waals surface area contributed by atoms with Crippen LogP contribution in [0.3, 0.4) is 0 Å². The summed E-state index contributed by atoms with van der Waals surface area (Å²) in [5.41, 5.74) is 0. The van der Waals surface area contributed by atoms with Crippen LogP contribution < -0.4 is 4.72 Å². The predicted octanol–water partition coefficient (Wildman–Crippen LogP) is 1.09. The van der Waals surface area contributed by atoms with Crippen LogP contribution in [0.2, 0.25) is 0 Å². The van der Waals surface area contributed by atoms with Gasteiger partial charge in [-0.25, -0.2) is 18.4 Å². The molecule has 1 aromatic rings. The Balaban J connectivity index is 2.65. The monoisotopic (exact) mass is 249 g/mol. The van der Waals surface area contributed by atoms with Gasteiger partial charge < -0.3 is 0 Å². The molecular formula is C8H12ClN3O2S. The predicted molar refractivity (Wildman–Crippen MR) is 59.3 cm³/mol. The van der Waals surface area contributed by atoms with Gasteiger partial charge in [0, 0.05) is 18.3 Å². The van der Waals surface area contributed by atoms with E-state index in [0.29, 0.717) is 5.88 Å². The summed E-state index contributed by atoms with van der Waals surface area (Å²) in [6.07, 6.45) is 2.94. The molecule has 1 rings (SSSR count). The van der Waals surface area contributed by atoms with Gasteiger partial charge in [0.1, 0.15) is 0 Å². The van der Waals surface area contributed by atoms with E-state index in [0.717, 1.165) is 0 Å². The Morgan fingerprint density at radius 1 is 1.47 bits per heavy atom. The summed E-state index contributed by atoms with van der Waals surface area (Å²) in [6.45, 7) is 1.76. The molecule has 1 heterocycles. The third-order valence-corrected chi connectivity index (χ3v) is 3.61. The van der Waals surface area contributed by atoms with Gasteiger partial charge in [-0.3, -0.25) is 4.72 Å². The molecule has 0 saturated heterocycles. The second kappa shape index (κ2) is 5.27. The molecule has 7 heteroatoms. The Labute approximate surface area is 93.9 Å². The zero-order valence-corrected chi connectivity index (χ0v) is 9.79. The van der Waals surface area contributed by atoms with Gasteiger partial charge in [-0.15, -0.1) is 11.6 Å². The summed E-state index contributed by atoms with van der Waals surface area (Å²) in [4.78, 5) is 7.53. The lowest BCUT2D eigenvalue weighted by molar-refractivity contribution is 0.588. The van der Waals surface area contributed by atoms with Crippen molar-refractivity contribution in [1.82, 2.24) is 9.97 Å². The molecule has 0 radical (unpaired) electrons. The number of anilines is 1. The lowest BCUT2D eigenvalue weighted by Crippen LogP contribution is -2.23. The van der Waals surface area contributed by atoms with E-state index in [2.05, 4.69) is 14.7 Å². The minimum atomic E-state index is -3.41. The highest BCUT2D eigenvalue weighted by molar-refractivity contribution is 7.92. The van der Waals surface area contributed by atoms with Gasteiger partial charge >= 0.3 is 0 Å². The van der Waals surface area contributed by atoms with Gasteiger partial charge in [-0.1, -0.05) is 6.92 Å². The standard InChI is InChI=1S/C8H12ClN3O2S/c1-7(5-9)6-15(13,14)12-8-10-3-2-4-11-8/h2-4,7H,5-6H2,1H3,(H,10,11,12). The molecule has 0 saturated carbocycles. The molecule has 0 aliphatic heterocycles. The summed E-state index contributed by atoms with van der Waals surface area (Å²) < 4.78 is 25.3. The normalized spacial score (nSPS) is 13.5. The summed E-state index contributed by atoms with van der Waals surface area (Å²) in [5, 5.41) is 0. The molecule has 15 heavy (non-hydrogen) atoms. The first kappa shape index (κ1) is 12.2. The van der Waals surface area contributed by atoms with E-state index in [1.165, 1.54) is 12.4 Å². The largest absolute Gasteiger partial charge is 0.251 e. The molecule has 0 fully saturated rings. The van der Waals surface area contributed by atoms with Crippen molar-refractivity contribution in [3.8, 4) is 0 Å². The van der Waals surface area contributed by atoms with E-state index < -0.39 is 10.0 Å². The fraction of sp³-hybridized carbons (Fsp3) is 0.500. The lowest BCUT2D eigenvalue weighted by atomic mass is 10.3. The quantitative estimate of drug-likeness (QED) is 0.793. The van der Waals surface area contributed by atoms with Crippen molar-refractivity contribution in [1.29, 1.82) is 0 Å². The molecule has 1 unspecified atom stereocenters. The number of hydrogen-bond acceptors (Lipinski definition) is 4. The van der Waals surface area contributed by atoms with Crippen molar-refractivity contribution in [2.75, 3.05) is 16.4 Å². The van der Waals surface area contributed by atoms with Crippen LogP contribution in [0, 0.1) is 5.92 Å². The Morgan fingerprint density at radius 3 is 2.60 bits per heavy atom. The highest BCUT2D eigenvalue weighted by atomic mass is 35.5. The van der Waals surface area contributed by atoms with Gasteiger partial charge in [0.25, 0.3) is 0 Å². The van der Waals surface area contributed by atoms with Crippen LogP contribution in [0.15, 0.2) is 18.5 Å². The minimum Gasteiger partial charge on any atom is -0.251 e. The molecule has 1 aromatic heterocycles. The summed E-state index contributed by atoms with van der Waals surface area (Å²) in [7, 11) is -3.41. The van der Waals surface area contributed by atoms with Gasteiger partial charge in [0.2, 0.25) is 16.0 Å². The fourth-order valence-corrected chi connectivity index (χ4v) is 2.52. The molecule has 0 aliphatic rings. The number of hydrogen-bond donors (Lipinski definition) is 1. The van der Waals surface area contributed by atoms with E-state index in [1.807, 2.05) is 0 Å². The second-order valence-corrected chi connectivity index (χ2v) is 5.29. The molecular weight excluding hydrogens is 238 g/mol. The molecule has 1 N–H and O–H groups in total. The SMILES string of the molecule is CC(CCl)CS(=O)(=O)Nc1ncccn1. The Hall–Kier alpha value is -0.880. The smallest absolute Gasteiger partial charge is 0.236 e. The molecule has 0 spiro atoms. The molecule has 0 amide bonds. The fourth-order valence-electron chi connectivity index (χ4n) is 0.952. The highest BCUT2D eigenvalue weighted by Gasteiger charge is 2.15. The Bertz CT molecular complexity index is 396. The number of nitrogens with one attached hydrogen (secondary N) is 1. The van der Waals surface area contributed by atoms with Crippen molar-refractivity contribution >= 4 is 27.6 Å². The number of rotatable bonds is 5. The van der Waals surface area contributed by atoms with Crippen LogP contribution in [-0.4, -0.2) is 30.0 Å². The maximum atomic E-state index is 11.5.